The van der Waals surface area contributed by atoms with Crippen molar-refractivity contribution in [2.24, 2.45) is 0 Å². The second-order valence-corrected chi connectivity index (χ2v) is 5.87. The fourth-order valence-electron chi connectivity index (χ4n) is 2.31. The van der Waals surface area contributed by atoms with Crippen molar-refractivity contribution >= 4 is 27.5 Å². The van der Waals surface area contributed by atoms with Gasteiger partial charge in [0.05, 0.1) is 11.6 Å². The average molecular weight is 358 g/mol. The molecule has 0 bridgehead atoms. The molecule has 3 rings (SSSR count). The van der Waals surface area contributed by atoms with E-state index in [-0.39, 0.29) is 10.6 Å². The summed E-state index contributed by atoms with van der Waals surface area (Å²) in [4.78, 5) is 0. The SMILES string of the molecule is OC(c1ccc2c(c1)CCO2)c1ccc(Br)c(Cl)c1F. The number of fused-ring (bicyclic) bond motifs is 1. The third kappa shape index (κ3) is 2.32. The molecule has 104 valence electrons. The van der Waals surface area contributed by atoms with Crippen molar-refractivity contribution in [1.82, 2.24) is 0 Å². The van der Waals surface area contributed by atoms with E-state index < -0.39 is 11.9 Å². The van der Waals surface area contributed by atoms with Crippen molar-refractivity contribution in [2.45, 2.75) is 12.5 Å². The Morgan fingerprint density at radius 2 is 2.10 bits per heavy atom. The third-order valence-corrected chi connectivity index (χ3v) is 4.65. The Labute approximate surface area is 129 Å². The van der Waals surface area contributed by atoms with Crippen LogP contribution in [-0.4, -0.2) is 11.7 Å². The minimum atomic E-state index is -1.05. The summed E-state index contributed by atoms with van der Waals surface area (Å²) in [7, 11) is 0. The molecular weight excluding hydrogens is 347 g/mol. The second-order valence-electron chi connectivity index (χ2n) is 4.63. The second kappa shape index (κ2) is 5.35. The molecule has 1 aliphatic rings. The zero-order valence-electron chi connectivity index (χ0n) is 10.4. The van der Waals surface area contributed by atoms with Crippen molar-refractivity contribution in [2.75, 3.05) is 6.61 Å². The molecule has 1 unspecified atom stereocenters. The molecule has 1 atom stereocenters. The third-order valence-electron chi connectivity index (χ3n) is 3.39. The van der Waals surface area contributed by atoms with E-state index in [4.69, 9.17) is 16.3 Å². The summed E-state index contributed by atoms with van der Waals surface area (Å²) in [5.41, 5.74) is 1.83. The van der Waals surface area contributed by atoms with Crippen LogP contribution in [0, 0.1) is 5.82 Å². The van der Waals surface area contributed by atoms with Gasteiger partial charge in [-0.2, -0.15) is 0 Å². The van der Waals surface area contributed by atoms with Gasteiger partial charge in [-0.15, -0.1) is 0 Å². The number of benzene rings is 2. The minimum Gasteiger partial charge on any atom is -0.493 e. The molecule has 1 N–H and O–H groups in total. The molecule has 0 aromatic heterocycles. The highest BCUT2D eigenvalue weighted by molar-refractivity contribution is 9.10. The van der Waals surface area contributed by atoms with Crippen LogP contribution >= 0.6 is 27.5 Å². The fraction of sp³-hybridized carbons (Fsp3) is 0.200. The summed E-state index contributed by atoms with van der Waals surface area (Å²) < 4.78 is 20.0. The summed E-state index contributed by atoms with van der Waals surface area (Å²) in [6.45, 7) is 0.646. The van der Waals surface area contributed by atoms with Crippen molar-refractivity contribution in [3.8, 4) is 5.75 Å². The van der Waals surface area contributed by atoms with Gasteiger partial charge in [0.25, 0.3) is 0 Å². The smallest absolute Gasteiger partial charge is 0.149 e. The summed E-state index contributed by atoms with van der Waals surface area (Å²) in [6.07, 6.45) is -0.245. The van der Waals surface area contributed by atoms with E-state index in [1.54, 1.807) is 18.2 Å². The van der Waals surface area contributed by atoms with E-state index in [9.17, 15) is 9.50 Å². The highest BCUT2D eigenvalue weighted by atomic mass is 79.9. The highest BCUT2D eigenvalue weighted by Gasteiger charge is 2.21. The molecule has 0 aliphatic carbocycles. The molecule has 0 radical (unpaired) electrons. The van der Waals surface area contributed by atoms with Crippen LogP contribution < -0.4 is 4.74 Å². The van der Waals surface area contributed by atoms with Crippen LogP contribution in [0.2, 0.25) is 5.02 Å². The van der Waals surface area contributed by atoms with Gasteiger partial charge >= 0.3 is 0 Å². The molecular formula is C15H11BrClFO2. The molecule has 0 saturated heterocycles. The van der Waals surface area contributed by atoms with Crippen LogP contribution in [0.15, 0.2) is 34.8 Å². The van der Waals surface area contributed by atoms with Crippen LogP contribution in [0.1, 0.15) is 22.8 Å². The van der Waals surface area contributed by atoms with Gasteiger partial charge in [-0.05, 0) is 45.3 Å². The molecule has 1 heterocycles. The Bertz CT molecular complexity index is 675. The van der Waals surface area contributed by atoms with Crippen LogP contribution in [-0.2, 0) is 6.42 Å². The lowest BCUT2D eigenvalue weighted by molar-refractivity contribution is 0.215. The Morgan fingerprint density at radius 3 is 2.90 bits per heavy atom. The Morgan fingerprint density at radius 1 is 1.30 bits per heavy atom. The number of aliphatic hydroxyl groups excluding tert-OH is 1. The van der Waals surface area contributed by atoms with E-state index in [1.807, 2.05) is 6.07 Å². The van der Waals surface area contributed by atoms with Gasteiger partial charge in [0.1, 0.15) is 17.7 Å². The zero-order chi connectivity index (χ0) is 14.3. The van der Waals surface area contributed by atoms with Gasteiger partial charge in [-0.25, -0.2) is 4.39 Å². The number of hydrogen-bond donors (Lipinski definition) is 1. The maximum atomic E-state index is 14.1. The molecule has 1 aliphatic heterocycles. The predicted octanol–water partition coefficient (Wildman–Crippen LogP) is 4.26. The van der Waals surface area contributed by atoms with Gasteiger partial charge in [0.2, 0.25) is 0 Å². The summed E-state index contributed by atoms with van der Waals surface area (Å²) in [5, 5.41) is 10.3. The van der Waals surface area contributed by atoms with Crippen molar-refractivity contribution in [3.63, 3.8) is 0 Å². The fourth-order valence-corrected chi connectivity index (χ4v) is 2.79. The number of aliphatic hydroxyl groups is 1. The maximum Gasteiger partial charge on any atom is 0.149 e. The summed E-state index contributed by atoms with van der Waals surface area (Å²) in [6, 6.07) is 8.55. The van der Waals surface area contributed by atoms with Crippen LogP contribution in [0.4, 0.5) is 4.39 Å². The molecule has 0 amide bonds. The van der Waals surface area contributed by atoms with E-state index in [2.05, 4.69) is 15.9 Å². The zero-order valence-corrected chi connectivity index (χ0v) is 12.7. The monoisotopic (exact) mass is 356 g/mol. The van der Waals surface area contributed by atoms with Crippen molar-refractivity contribution < 1.29 is 14.2 Å². The molecule has 0 saturated carbocycles. The first-order chi connectivity index (χ1) is 9.58. The number of halogens is 3. The quantitative estimate of drug-likeness (QED) is 0.814. The first-order valence-electron chi connectivity index (χ1n) is 6.15. The van der Waals surface area contributed by atoms with Gasteiger partial charge in [0.15, 0.2) is 0 Å². The molecule has 2 nitrogen and oxygen atoms in total. The average Bonchev–Trinajstić information content (AvgIpc) is 2.91. The number of ether oxygens (including phenoxy) is 1. The van der Waals surface area contributed by atoms with E-state index in [0.29, 0.717) is 16.6 Å². The summed E-state index contributed by atoms with van der Waals surface area (Å²) >= 11 is 9.01. The lowest BCUT2D eigenvalue weighted by Crippen LogP contribution is -2.03. The van der Waals surface area contributed by atoms with Gasteiger partial charge in [-0.3, -0.25) is 0 Å². The Hall–Kier alpha value is -1.10. The largest absolute Gasteiger partial charge is 0.493 e. The molecule has 5 heteroatoms. The van der Waals surface area contributed by atoms with E-state index in [0.717, 1.165) is 17.7 Å². The molecule has 0 fully saturated rings. The van der Waals surface area contributed by atoms with Gasteiger partial charge < -0.3 is 9.84 Å². The first kappa shape index (κ1) is 13.9. The molecule has 0 spiro atoms. The Balaban J connectivity index is 2.00. The molecule has 2 aromatic carbocycles. The van der Waals surface area contributed by atoms with E-state index in [1.165, 1.54) is 6.07 Å². The van der Waals surface area contributed by atoms with Gasteiger partial charge in [0, 0.05) is 16.5 Å². The maximum absolute atomic E-state index is 14.1. The Kier molecular flexibility index (Phi) is 3.71. The van der Waals surface area contributed by atoms with Crippen LogP contribution in [0.5, 0.6) is 5.75 Å². The van der Waals surface area contributed by atoms with Crippen LogP contribution in [0.3, 0.4) is 0 Å². The standard InChI is InChI=1S/C15H11BrClFO2/c16-11-3-2-10(14(18)13(11)17)15(19)9-1-4-12-8(7-9)5-6-20-12/h1-4,7,15,19H,5-6H2. The highest BCUT2D eigenvalue weighted by Crippen LogP contribution is 2.35. The van der Waals surface area contributed by atoms with Gasteiger partial charge in [-0.1, -0.05) is 23.7 Å². The lowest BCUT2D eigenvalue weighted by Gasteiger charge is -2.14. The minimum absolute atomic E-state index is 0.0222. The first-order valence-corrected chi connectivity index (χ1v) is 7.32. The van der Waals surface area contributed by atoms with Crippen LogP contribution in [0.25, 0.3) is 0 Å². The van der Waals surface area contributed by atoms with Crippen molar-refractivity contribution in [1.29, 1.82) is 0 Å². The predicted molar refractivity (Wildman–Crippen MR) is 78.8 cm³/mol. The van der Waals surface area contributed by atoms with E-state index >= 15 is 0 Å². The lowest BCUT2D eigenvalue weighted by atomic mass is 9.98. The topological polar surface area (TPSA) is 29.5 Å². The molecule has 2 aromatic rings. The molecule has 20 heavy (non-hydrogen) atoms. The normalized spacial score (nSPS) is 14.8. The summed E-state index contributed by atoms with van der Waals surface area (Å²) in [5.74, 6) is 0.223. The number of rotatable bonds is 2. The van der Waals surface area contributed by atoms with Crippen molar-refractivity contribution in [3.05, 3.63) is 62.3 Å². The number of hydrogen-bond acceptors (Lipinski definition) is 2.